The van der Waals surface area contributed by atoms with E-state index in [0.29, 0.717) is 0 Å². The highest BCUT2D eigenvalue weighted by Gasteiger charge is 2.11. The van der Waals surface area contributed by atoms with Gasteiger partial charge >= 0.3 is 5.69 Å². The van der Waals surface area contributed by atoms with Crippen molar-refractivity contribution in [3.05, 3.63) is 22.5 Å². The topological polar surface area (TPSA) is 61.0 Å². The first-order valence-corrected chi connectivity index (χ1v) is 3.04. The third kappa shape index (κ3) is 1.97. The molecule has 0 atom stereocenters. The van der Waals surface area contributed by atoms with E-state index in [4.69, 9.17) is 0 Å². The second-order valence-electron chi connectivity index (χ2n) is 2.07. The van der Waals surface area contributed by atoms with Gasteiger partial charge in [-0.1, -0.05) is 0 Å². The first-order valence-electron chi connectivity index (χ1n) is 3.04. The molecule has 0 amide bonds. The molecule has 0 aromatic carbocycles. The molecule has 1 aromatic rings. The molecule has 0 saturated carbocycles. The van der Waals surface area contributed by atoms with Crippen LogP contribution in [0.3, 0.4) is 0 Å². The maximum atomic E-state index is 11.7. The molecule has 5 nitrogen and oxygen atoms in total. The molecule has 0 spiro atoms. The normalized spacial score (nSPS) is 10.6. The molecule has 1 rings (SSSR count). The van der Waals surface area contributed by atoms with Gasteiger partial charge in [0.15, 0.2) is 0 Å². The molecule has 12 heavy (non-hydrogen) atoms. The Morgan fingerprint density at radius 1 is 1.75 bits per heavy atom. The van der Waals surface area contributed by atoms with Crippen molar-refractivity contribution < 1.29 is 13.7 Å². The minimum absolute atomic E-state index is 0.282. The van der Waals surface area contributed by atoms with Crippen LogP contribution in [0, 0.1) is 10.1 Å². The van der Waals surface area contributed by atoms with Crippen LogP contribution in [-0.2, 0) is 6.54 Å². The minimum atomic E-state index is -2.55. The van der Waals surface area contributed by atoms with Crippen molar-refractivity contribution in [1.82, 2.24) is 9.78 Å². The molecule has 0 bridgehead atoms. The summed E-state index contributed by atoms with van der Waals surface area (Å²) in [6.07, 6.45) is -0.654. The first kappa shape index (κ1) is 8.57. The van der Waals surface area contributed by atoms with E-state index in [0.717, 1.165) is 17.1 Å². The van der Waals surface area contributed by atoms with Gasteiger partial charge < -0.3 is 0 Å². The number of hydrogen-bond acceptors (Lipinski definition) is 3. The highest BCUT2D eigenvalue weighted by atomic mass is 19.3. The zero-order valence-electron chi connectivity index (χ0n) is 5.85. The second-order valence-corrected chi connectivity index (χ2v) is 2.07. The second kappa shape index (κ2) is 3.24. The third-order valence-electron chi connectivity index (χ3n) is 1.16. The highest BCUT2D eigenvalue weighted by molar-refractivity contribution is 5.20. The fraction of sp³-hybridized carbons (Fsp3) is 0.400. The van der Waals surface area contributed by atoms with E-state index in [1.807, 2.05) is 0 Å². The van der Waals surface area contributed by atoms with Crippen LogP contribution in [0.5, 0.6) is 0 Å². The van der Waals surface area contributed by atoms with Crippen LogP contribution in [0.2, 0.25) is 0 Å². The van der Waals surface area contributed by atoms with Crippen LogP contribution in [-0.4, -0.2) is 21.1 Å². The van der Waals surface area contributed by atoms with E-state index >= 15 is 0 Å². The lowest BCUT2D eigenvalue weighted by Crippen LogP contribution is -2.06. The van der Waals surface area contributed by atoms with Crippen LogP contribution in [0.25, 0.3) is 0 Å². The molecule has 0 aliphatic rings. The van der Waals surface area contributed by atoms with Crippen molar-refractivity contribution in [2.24, 2.45) is 0 Å². The summed E-state index contributed by atoms with van der Waals surface area (Å²) in [6.45, 7) is -0.617. The molecule has 0 unspecified atom stereocenters. The lowest BCUT2D eigenvalue weighted by Gasteiger charge is -1.96. The minimum Gasteiger partial charge on any atom is -0.260 e. The number of nitro groups is 1. The largest absolute Gasteiger partial charge is 0.306 e. The van der Waals surface area contributed by atoms with Crippen molar-refractivity contribution in [3.8, 4) is 0 Å². The van der Waals surface area contributed by atoms with Crippen molar-refractivity contribution in [3.63, 3.8) is 0 Å². The summed E-state index contributed by atoms with van der Waals surface area (Å²) < 4.78 is 24.2. The molecule has 7 heteroatoms. The maximum Gasteiger partial charge on any atom is 0.306 e. The molecule has 0 saturated heterocycles. The molecule has 0 aliphatic carbocycles. The van der Waals surface area contributed by atoms with Gasteiger partial charge in [-0.15, -0.1) is 0 Å². The molecule has 1 heterocycles. The van der Waals surface area contributed by atoms with Crippen molar-refractivity contribution >= 4 is 5.69 Å². The quantitative estimate of drug-likeness (QED) is 0.512. The summed E-state index contributed by atoms with van der Waals surface area (Å²) in [5.41, 5.74) is -0.282. The Kier molecular flexibility index (Phi) is 2.32. The van der Waals surface area contributed by atoms with Crippen molar-refractivity contribution in [1.29, 1.82) is 0 Å². The summed E-state index contributed by atoms with van der Waals surface area (Å²) >= 11 is 0. The smallest absolute Gasteiger partial charge is 0.260 e. The van der Waals surface area contributed by atoms with Gasteiger partial charge in [0.2, 0.25) is 0 Å². The van der Waals surface area contributed by atoms with Crippen LogP contribution in [0.4, 0.5) is 14.5 Å². The van der Waals surface area contributed by atoms with Gasteiger partial charge in [-0.2, -0.15) is 5.10 Å². The van der Waals surface area contributed by atoms with Gasteiger partial charge in [0, 0.05) is 0 Å². The molecule has 1 aromatic heterocycles. The summed E-state index contributed by atoms with van der Waals surface area (Å²) in [6, 6.07) is 0. The fourth-order valence-corrected chi connectivity index (χ4v) is 0.688. The molecule has 0 radical (unpaired) electrons. The average molecular weight is 177 g/mol. The predicted molar refractivity (Wildman–Crippen MR) is 34.9 cm³/mol. The molecule has 0 N–H and O–H groups in total. The van der Waals surface area contributed by atoms with E-state index in [9.17, 15) is 18.9 Å². The Morgan fingerprint density at radius 2 is 2.42 bits per heavy atom. The SMILES string of the molecule is O=[N+]([O-])c1cnn(CC(F)F)c1. The number of nitrogens with zero attached hydrogens (tertiary/aromatic N) is 3. The number of aromatic nitrogens is 2. The number of halogens is 2. The molecular formula is C5H5F2N3O2. The summed E-state index contributed by atoms with van der Waals surface area (Å²) in [4.78, 5) is 9.38. The van der Waals surface area contributed by atoms with Gasteiger partial charge in [-0.3, -0.25) is 14.8 Å². The zero-order chi connectivity index (χ0) is 9.14. The lowest BCUT2D eigenvalue weighted by molar-refractivity contribution is -0.385. The van der Waals surface area contributed by atoms with E-state index < -0.39 is 17.9 Å². The van der Waals surface area contributed by atoms with Crippen LogP contribution >= 0.6 is 0 Å². The zero-order valence-corrected chi connectivity index (χ0v) is 5.85. The van der Waals surface area contributed by atoms with Gasteiger partial charge in [0.05, 0.1) is 4.92 Å². The third-order valence-corrected chi connectivity index (χ3v) is 1.16. The number of hydrogen-bond donors (Lipinski definition) is 0. The van der Waals surface area contributed by atoms with E-state index in [1.165, 1.54) is 0 Å². The van der Waals surface area contributed by atoms with Crippen molar-refractivity contribution in [2.75, 3.05) is 0 Å². The van der Waals surface area contributed by atoms with E-state index in [2.05, 4.69) is 5.10 Å². The van der Waals surface area contributed by atoms with E-state index in [1.54, 1.807) is 0 Å². The Morgan fingerprint density at radius 3 is 2.83 bits per heavy atom. The van der Waals surface area contributed by atoms with Crippen molar-refractivity contribution in [2.45, 2.75) is 13.0 Å². The number of rotatable bonds is 3. The molecule has 66 valence electrons. The number of alkyl halides is 2. The molecule has 0 aliphatic heterocycles. The maximum absolute atomic E-state index is 11.7. The Balaban J connectivity index is 2.71. The summed E-state index contributed by atoms with van der Waals surface area (Å²) in [5.74, 6) is 0. The van der Waals surface area contributed by atoms with Gasteiger partial charge in [0.1, 0.15) is 18.9 Å². The molecule has 0 fully saturated rings. The monoisotopic (exact) mass is 177 g/mol. The Labute approximate surface area is 65.8 Å². The Hall–Kier alpha value is -1.53. The van der Waals surface area contributed by atoms with Gasteiger partial charge in [-0.25, -0.2) is 8.78 Å². The van der Waals surface area contributed by atoms with Crippen LogP contribution in [0.15, 0.2) is 12.4 Å². The lowest BCUT2D eigenvalue weighted by atomic mass is 10.6. The summed E-state index contributed by atoms with van der Waals surface area (Å²) in [5, 5.41) is 13.4. The highest BCUT2D eigenvalue weighted by Crippen LogP contribution is 2.08. The van der Waals surface area contributed by atoms with Crippen LogP contribution in [0.1, 0.15) is 0 Å². The van der Waals surface area contributed by atoms with Gasteiger partial charge in [-0.05, 0) is 0 Å². The fourth-order valence-electron chi connectivity index (χ4n) is 0.688. The van der Waals surface area contributed by atoms with Gasteiger partial charge in [0.25, 0.3) is 6.43 Å². The summed E-state index contributed by atoms with van der Waals surface area (Å²) in [7, 11) is 0. The van der Waals surface area contributed by atoms with E-state index in [-0.39, 0.29) is 5.69 Å². The Bertz CT molecular complexity index is 286. The van der Waals surface area contributed by atoms with Crippen LogP contribution < -0.4 is 0 Å². The molecular weight excluding hydrogens is 172 g/mol. The standard InChI is InChI=1S/C5H5F2N3O2/c6-5(7)3-9-2-4(1-8-9)10(11)12/h1-2,5H,3H2. The predicted octanol–water partition coefficient (Wildman–Crippen LogP) is 1.06. The first-order chi connectivity index (χ1) is 5.59. The average Bonchev–Trinajstić information content (AvgIpc) is 2.34.